The maximum absolute atomic E-state index is 4.41. The van der Waals surface area contributed by atoms with Gasteiger partial charge in [0.25, 0.3) is 0 Å². The highest BCUT2D eigenvalue weighted by Crippen LogP contribution is 2.20. The molecule has 0 saturated carbocycles. The fourth-order valence-corrected chi connectivity index (χ4v) is 1.91. The molecule has 1 unspecified atom stereocenters. The molecule has 2 nitrogen and oxygen atoms in total. The monoisotopic (exact) mass is 252 g/mol. The van der Waals surface area contributed by atoms with Crippen LogP contribution in [-0.2, 0) is 0 Å². The Morgan fingerprint density at radius 2 is 2.36 bits per heavy atom. The maximum Gasteiger partial charge on any atom is 0.0485 e. The summed E-state index contributed by atoms with van der Waals surface area (Å²) in [7, 11) is 2.13. The number of hydrogen-bond acceptors (Lipinski definition) is 2. The van der Waals surface area contributed by atoms with E-state index in [-0.39, 0.29) is 0 Å². The van der Waals surface area contributed by atoms with E-state index in [1.165, 1.54) is 0 Å². The Hall–Kier alpha value is -0.670. The lowest BCUT2D eigenvalue weighted by Crippen LogP contribution is -2.27. The highest BCUT2D eigenvalue weighted by molar-refractivity contribution is 9.10. The van der Waals surface area contributed by atoms with Gasteiger partial charge in [-0.15, -0.1) is 0 Å². The van der Waals surface area contributed by atoms with Crippen molar-refractivity contribution in [3.05, 3.63) is 40.6 Å². The molecule has 0 N–H and O–H groups in total. The molecule has 1 aromatic heterocycles. The van der Waals surface area contributed by atoms with E-state index in [9.17, 15) is 0 Å². The molecule has 0 bridgehead atoms. The van der Waals surface area contributed by atoms with Crippen LogP contribution in [0.5, 0.6) is 0 Å². The molecule has 1 aromatic rings. The first-order valence-electron chi connectivity index (χ1n) is 4.72. The van der Waals surface area contributed by atoms with Crippen LogP contribution in [0.25, 0.3) is 0 Å². The quantitative estimate of drug-likeness (QED) is 0.714. The van der Waals surface area contributed by atoms with Crippen LogP contribution in [0, 0.1) is 0 Å². The molecule has 0 aromatic carbocycles. The first kappa shape index (κ1) is 9.87. The second kappa shape index (κ2) is 4.24. The molecular weight excluding hydrogens is 240 g/mol. The summed E-state index contributed by atoms with van der Waals surface area (Å²) >= 11 is 3.39. The van der Waals surface area contributed by atoms with E-state index in [1.807, 2.05) is 12.3 Å². The Labute approximate surface area is 92.8 Å². The lowest BCUT2D eigenvalue weighted by molar-refractivity contribution is 0.343. The topological polar surface area (TPSA) is 16.1 Å². The van der Waals surface area contributed by atoms with Crippen LogP contribution in [0.4, 0.5) is 0 Å². The lowest BCUT2D eigenvalue weighted by Gasteiger charge is -2.24. The zero-order chi connectivity index (χ0) is 9.97. The zero-order valence-electron chi connectivity index (χ0n) is 8.15. The number of pyridine rings is 1. The average Bonchev–Trinajstić information content (AvgIpc) is 2.19. The number of nitrogens with zero attached hydrogens (tertiary/aromatic N) is 2. The molecule has 0 amide bonds. The largest absolute Gasteiger partial charge is 0.302 e. The fourth-order valence-electron chi connectivity index (χ4n) is 1.67. The molecule has 0 aliphatic carbocycles. The number of rotatable bonds is 1. The van der Waals surface area contributed by atoms with Crippen molar-refractivity contribution in [1.82, 2.24) is 9.88 Å². The summed E-state index contributed by atoms with van der Waals surface area (Å²) in [4.78, 5) is 6.71. The van der Waals surface area contributed by atoms with Gasteiger partial charge in [-0.25, -0.2) is 0 Å². The van der Waals surface area contributed by atoms with Gasteiger partial charge >= 0.3 is 0 Å². The van der Waals surface area contributed by atoms with E-state index in [0.717, 1.165) is 23.3 Å². The van der Waals surface area contributed by atoms with Crippen molar-refractivity contribution in [2.75, 3.05) is 20.1 Å². The molecule has 0 spiro atoms. The smallest absolute Gasteiger partial charge is 0.0485 e. The van der Waals surface area contributed by atoms with Crippen molar-refractivity contribution in [1.29, 1.82) is 0 Å². The van der Waals surface area contributed by atoms with Crippen molar-refractivity contribution < 1.29 is 0 Å². The number of halogens is 1. The van der Waals surface area contributed by atoms with Crippen LogP contribution in [-0.4, -0.2) is 30.0 Å². The molecule has 0 radical (unpaired) electrons. The summed E-state index contributed by atoms with van der Waals surface area (Å²) in [6, 6.07) is 4.13. The molecule has 74 valence electrons. The third kappa shape index (κ3) is 2.22. The molecular formula is C11H13BrN2. The van der Waals surface area contributed by atoms with Gasteiger partial charge in [0.2, 0.25) is 0 Å². The Balaban J connectivity index is 2.18. The summed E-state index contributed by atoms with van der Waals surface area (Å²) in [5.74, 6) is 0.446. The zero-order valence-corrected chi connectivity index (χ0v) is 9.74. The van der Waals surface area contributed by atoms with Gasteiger partial charge in [-0.2, -0.15) is 0 Å². The van der Waals surface area contributed by atoms with E-state index in [1.54, 1.807) is 0 Å². The van der Waals surface area contributed by atoms with Gasteiger partial charge in [-0.1, -0.05) is 12.2 Å². The third-order valence-corrected chi connectivity index (χ3v) is 2.89. The van der Waals surface area contributed by atoms with Crippen LogP contribution in [0.1, 0.15) is 11.6 Å². The van der Waals surface area contributed by atoms with Gasteiger partial charge in [0.15, 0.2) is 0 Å². The predicted octanol–water partition coefficient (Wildman–Crippen LogP) is 2.43. The second-order valence-electron chi connectivity index (χ2n) is 3.66. The Morgan fingerprint density at radius 3 is 3.00 bits per heavy atom. The highest BCUT2D eigenvalue weighted by Gasteiger charge is 2.14. The van der Waals surface area contributed by atoms with Crippen LogP contribution in [0.3, 0.4) is 0 Å². The van der Waals surface area contributed by atoms with Crippen LogP contribution < -0.4 is 0 Å². The van der Waals surface area contributed by atoms with Gasteiger partial charge in [0.1, 0.15) is 0 Å². The molecule has 1 aliphatic rings. The minimum Gasteiger partial charge on any atom is -0.302 e. The maximum atomic E-state index is 4.41. The van der Waals surface area contributed by atoms with Crippen LogP contribution in [0.15, 0.2) is 35.0 Å². The van der Waals surface area contributed by atoms with Gasteiger partial charge < -0.3 is 4.90 Å². The Kier molecular flexibility index (Phi) is 2.99. The van der Waals surface area contributed by atoms with E-state index in [0.29, 0.717) is 5.92 Å². The summed E-state index contributed by atoms with van der Waals surface area (Å²) in [5.41, 5.74) is 1.15. The minimum absolute atomic E-state index is 0.446. The average molecular weight is 253 g/mol. The molecule has 1 atom stereocenters. The van der Waals surface area contributed by atoms with Gasteiger partial charge in [0, 0.05) is 35.4 Å². The molecule has 2 rings (SSSR count). The summed E-state index contributed by atoms with van der Waals surface area (Å²) in [6.07, 6.45) is 6.31. The second-order valence-corrected chi connectivity index (χ2v) is 4.57. The predicted molar refractivity (Wildman–Crippen MR) is 61.3 cm³/mol. The van der Waals surface area contributed by atoms with Gasteiger partial charge in [0.05, 0.1) is 0 Å². The molecule has 2 heterocycles. The molecule has 1 aliphatic heterocycles. The number of likely N-dealkylation sites (N-methyl/N-ethyl adjacent to an activating group) is 1. The van der Waals surface area contributed by atoms with Gasteiger partial charge in [-0.3, -0.25) is 4.98 Å². The molecule has 0 saturated heterocycles. The van der Waals surface area contributed by atoms with Crippen molar-refractivity contribution >= 4 is 15.9 Å². The summed E-state index contributed by atoms with van der Waals surface area (Å²) in [5, 5.41) is 0. The minimum atomic E-state index is 0.446. The summed E-state index contributed by atoms with van der Waals surface area (Å²) < 4.78 is 1.04. The number of aromatic nitrogens is 1. The first-order chi connectivity index (χ1) is 6.75. The summed E-state index contributed by atoms with van der Waals surface area (Å²) in [6.45, 7) is 2.11. The van der Waals surface area contributed by atoms with E-state index < -0.39 is 0 Å². The standard InChI is InChI=1S/C11H13BrN2/c1-14-6-2-3-9(8-14)11-5-4-10(12)7-13-11/h2-5,7,9H,6,8H2,1H3. The van der Waals surface area contributed by atoms with Crippen molar-refractivity contribution in [2.45, 2.75) is 5.92 Å². The van der Waals surface area contributed by atoms with Crippen molar-refractivity contribution in [3.63, 3.8) is 0 Å². The lowest BCUT2D eigenvalue weighted by atomic mass is 10.0. The van der Waals surface area contributed by atoms with Crippen LogP contribution in [0.2, 0.25) is 0 Å². The molecule has 3 heteroatoms. The first-order valence-corrected chi connectivity index (χ1v) is 5.51. The van der Waals surface area contributed by atoms with Crippen molar-refractivity contribution in [2.24, 2.45) is 0 Å². The SMILES string of the molecule is CN1CC=CC(c2ccc(Br)cn2)C1. The van der Waals surface area contributed by atoms with E-state index >= 15 is 0 Å². The third-order valence-electron chi connectivity index (χ3n) is 2.42. The van der Waals surface area contributed by atoms with Crippen molar-refractivity contribution in [3.8, 4) is 0 Å². The molecule has 14 heavy (non-hydrogen) atoms. The van der Waals surface area contributed by atoms with Gasteiger partial charge in [-0.05, 0) is 35.1 Å². The fraction of sp³-hybridized carbons (Fsp3) is 0.364. The van der Waals surface area contributed by atoms with E-state index in [4.69, 9.17) is 0 Å². The highest BCUT2D eigenvalue weighted by atomic mass is 79.9. The normalized spacial score (nSPS) is 22.6. The Morgan fingerprint density at radius 1 is 1.50 bits per heavy atom. The Bertz CT molecular complexity index is 332. The van der Waals surface area contributed by atoms with E-state index in [2.05, 4.69) is 51.1 Å². The molecule has 0 fully saturated rings. The number of hydrogen-bond donors (Lipinski definition) is 0. The van der Waals surface area contributed by atoms with Crippen LogP contribution >= 0.6 is 15.9 Å².